The molecule has 0 unspecified atom stereocenters. The number of ether oxygens (including phenoxy) is 1. The third-order valence-corrected chi connectivity index (χ3v) is 5.44. The van der Waals surface area contributed by atoms with E-state index < -0.39 is 11.5 Å². The lowest BCUT2D eigenvalue weighted by Gasteiger charge is -2.45. The summed E-state index contributed by atoms with van der Waals surface area (Å²) in [6.45, 7) is 0. The average Bonchev–Trinajstić information content (AvgIpc) is 2.68. The van der Waals surface area contributed by atoms with Gasteiger partial charge in [-0.3, -0.25) is 4.90 Å². The van der Waals surface area contributed by atoms with Gasteiger partial charge in [0.05, 0.1) is 7.11 Å². The van der Waals surface area contributed by atoms with Crippen LogP contribution in [0.4, 0.5) is 10.1 Å². The van der Waals surface area contributed by atoms with E-state index in [1.54, 1.807) is 6.07 Å². The summed E-state index contributed by atoms with van der Waals surface area (Å²) in [5.74, 6) is 0.389. The normalized spacial score (nSPS) is 18.6. The average molecular weight is 381 g/mol. The first-order chi connectivity index (χ1) is 13.5. The van der Waals surface area contributed by atoms with Gasteiger partial charge < -0.3 is 16.2 Å². The Balaban J connectivity index is 1.76. The van der Waals surface area contributed by atoms with Crippen molar-refractivity contribution < 1.29 is 9.13 Å². The smallest absolute Gasteiger partial charge is 0.220 e. The van der Waals surface area contributed by atoms with Gasteiger partial charge in [-0.05, 0) is 61.1 Å². The van der Waals surface area contributed by atoms with Crippen molar-refractivity contribution in [3.8, 4) is 16.9 Å². The Morgan fingerprint density at radius 1 is 1.04 bits per heavy atom. The highest BCUT2D eigenvalue weighted by Gasteiger charge is 2.42. The van der Waals surface area contributed by atoms with Crippen molar-refractivity contribution in [3.05, 3.63) is 48.3 Å². The van der Waals surface area contributed by atoms with Crippen LogP contribution in [0.15, 0.2) is 52.4 Å². The van der Waals surface area contributed by atoms with Crippen LogP contribution in [0.3, 0.4) is 0 Å². The maximum Gasteiger partial charge on any atom is 0.220 e. The molecular formula is C21H24FN5O. The van der Waals surface area contributed by atoms with Crippen molar-refractivity contribution in [1.29, 1.82) is 0 Å². The van der Waals surface area contributed by atoms with E-state index in [0.29, 0.717) is 5.96 Å². The van der Waals surface area contributed by atoms with Gasteiger partial charge in [-0.2, -0.15) is 4.99 Å². The number of benzene rings is 2. The Bertz CT molecular complexity index is 950. The summed E-state index contributed by atoms with van der Waals surface area (Å²) < 4.78 is 19.2. The molecule has 7 heteroatoms. The molecule has 1 aliphatic carbocycles. The predicted molar refractivity (Wildman–Crippen MR) is 110 cm³/mol. The number of hydrogen-bond donors (Lipinski definition) is 2. The quantitative estimate of drug-likeness (QED) is 0.850. The van der Waals surface area contributed by atoms with E-state index in [1.807, 2.05) is 35.2 Å². The van der Waals surface area contributed by atoms with Crippen LogP contribution in [0, 0.1) is 5.82 Å². The Morgan fingerprint density at radius 2 is 1.79 bits per heavy atom. The van der Waals surface area contributed by atoms with E-state index in [-0.39, 0.29) is 11.7 Å². The van der Waals surface area contributed by atoms with Gasteiger partial charge in [0.1, 0.15) is 5.66 Å². The van der Waals surface area contributed by atoms with Gasteiger partial charge in [0, 0.05) is 5.69 Å². The standard InChI is InChI=1S/C21H24FN5O/c1-28-18-9-8-15(13-17(18)22)14-6-5-7-16(12-14)27-20(24)25-19(23)26-21(27)10-3-2-4-11-21/h5-9,12-13H,2-4,10-11H2,1H3,(H4,23,24,25,26). The zero-order valence-electron chi connectivity index (χ0n) is 15.9. The molecule has 6 nitrogen and oxygen atoms in total. The SMILES string of the molecule is COc1ccc(-c2cccc(N3C(N)=NC(N)=NC34CCCCC4)c2)cc1F. The molecule has 1 aliphatic heterocycles. The van der Waals surface area contributed by atoms with Gasteiger partial charge in [0.25, 0.3) is 0 Å². The van der Waals surface area contributed by atoms with Crippen LogP contribution in [-0.4, -0.2) is 24.7 Å². The molecule has 2 aliphatic rings. The first-order valence-corrected chi connectivity index (χ1v) is 9.46. The number of rotatable bonds is 3. The van der Waals surface area contributed by atoms with Gasteiger partial charge in [-0.25, -0.2) is 9.38 Å². The lowest BCUT2D eigenvalue weighted by molar-refractivity contribution is 0.305. The fraction of sp³-hybridized carbons (Fsp3) is 0.333. The highest BCUT2D eigenvalue weighted by atomic mass is 19.1. The fourth-order valence-electron chi connectivity index (χ4n) is 4.17. The van der Waals surface area contributed by atoms with Gasteiger partial charge in [-0.15, -0.1) is 0 Å². The molecule has 0 saturated heterocycles. The number of anilines is 1. The second-order valence-corrected chi connectivity index (χ2v) is 7.22. The summed E-state index contributed by atoms with van der Waals surface area (Å²) in [5, 5.41) is 0. The molecule has 0 aromatic heterocycles. The minimum absolute atomic E-state index is 0.221. The summed E-state index contributed by atoms with van der Waals surface area (Å²) in [5.41, 5.74) is 14.2. The molecule has 1 fully saturated rings. The van der Waals surface area contributed by atoms with Gasteiger partial charge in [-0.1, -0.05) is 24.6 Å². The molecule has 28 heavy (non-hydrogen) atoms. The number of nitrogens with two attached hydrogens (primary N) is 2. The molecule has 4 rings (SSSR count). The summed E-state index contributed by atoms with van der Waals surface area (Å²) in [6.07, 6.45) is 5.03. The number of aliphatic imine (C=N–C) groups is 2. The van der Waals surface area contributed by atoms with Crippen molar-refractivity contribution in [3.63, 3.8) is 0 Å². The molecule has 1 heterocycles. The Morgan fingerprint density at radius 3 is 2.50 bits per heavy atom. The molecule has 146 valence electrons. The van der Waals surface area contributed by atoms with Crippen molar-refractivity contribution in [2.75, 3.05) is 12.0 Å². The van der Waals surface area contributed by atoms with Crippen molar-refractivity contribution in [1.82, 2.24) is 0 Å². The first kappa shape index (κ1) is 18.3. The summed E-state index contributed by atoms with van der Waals surface area (Å²) in [4.78, 5) is 10.9. The molecule has 0 atom stereocenters. The Kier molecular flexibility index (Phi) is 4.66. The zero-order chi connectivity index (χ0) is 19.7. The topological polar surface area (TPSA) is 89.2 Å². The van der Waals surface area contributed by atoms with E-state index in [1.165, 1.54) is 19.6 Å². The third-order valence-electron chi connectivity index (χ3n) is 5.44. The van der Waals surface area contributed by atoms with Gasteiger partial charge in [0.15, 0.2) is 11.6 Å². The monoisotopic (exact) mass is 381 g/mol. The van der Waals surface area contributed by atoms with Crippen LogP contribution in [-0.2, 0) is 0 Å². The Labute approximate surface area is 163 Å². The number of halogens is 1. The minimum atomic E-state index is -0.502. The zero-order valence-corrected chi connectivity index (χ0v) is 15.9. The fourth-order valence-corrected chi connectivity index (χ4v) is 4.17. The maximum atomic E-state index is 14.2. The van der Waals surface area contributed by atoms with E-state index in [9.17, 15) is 4.39 Å². The van der Waals surface area contributed by atoms with Crippen LogP contribution in [0.2, 0.25) is 0 Å². The maximum absolute atomic E-state index is 14.2. The van der Waals surface area contributed by atoms with E-state index >= 15 is 0 Å². The second-order valence-electron chi connectivity index (χ2n) is 7.22. The largest absolute Gasteiger partial charge is 0.494 e. The lowest BCUT2D eigenvalue weighted by atomic mass is 9.87. The molecule has 2 aromatic rings. The first-order valence-electron chi connectivity index (χ1n) is 9.46. The molecule has 1 saturated carbocycles. The second kappa shape index (κ2) is 7.14. The molecule has 2 aromatic carbocycles. The van der Waals surface area contributed by atoms with Crippen LogP contribution in [0.25, 0.3) is 11.1 Å². The van der Waals surface area contributed by atoms with Crippen LogP contribution >= 0.6 is 0 Å². The summed E-state index contributed by atoms with van der Waals surface area (Å²) in [7, 11) is 1.45. The Hall–Kier alpha value is -3.09. The number of hydrogen-bond acceptors (Lipinski definition) is 6. The number of methoxy groups -OCH3 is 1. The van der Waals surface area contributed by atoms with E-state index in [0.717, 1.165) is 42.5 Å². The van der Waals surface area contributed by atoms with Crippen molar-refractivity contribution in [2.24, 2.45) is 21.5 Å². The van der Waals surface area contributed by atoms with Crippen molar-refractivity contribution >= 4 is 17.6 Å². The summed E-state index contributed by atoms with van der Waals surface area (Å²) >= 11 is 0. The molecule has 0 amide bonds. The third kappa shape index (κ3) is 3.17. The lowest BCUT2D eigenvalue weighted by Crippen LogP contribution is -2.58. The number of nitrogens with zero attached hydrogens (tertiary/aromatic N) is 3. The van der Waals surface area contributed by atoms with Gasteiger partial charge >= 0.3 is 0 Å². The van der Waals surface area contributed by atoms with E-state index in [2.05, 4.69) is 4.99 Å². The predicted octanol–water partition coefficient (Wildman–Crippen LogP) is 3.61. The molecule has 0 radical (unpaired) electrons. The minimum Gasteiger partial charge on any atom is -0.494 e. The van der Waals surface area contributed by atoms with Crippen LogP contribution in [0.5, 0.6) is 5.75 Å². The van der Waals surface area contributed by atoms with Crippen molar-refractivity contribution in [2.45, 2.75) is 37.8 Å². The molecule has 4 N–H and O–H groups in total. The number of guanidine groups is 2. The highest BCUT2D eigenvalue weighted by molar-refractivity contribution is 6.05. The molecule has 1 spiro atoms. The highest BCUT2D eigenvalue weighted by Crippen LogP contribution is 2.40. The van der Waals surface area contributed by atoms with Crippen LogP contribution < -0.4 is 21.1 Å². The van der Waals surface area contributed by atoms with Crippen LogP contribution in [0.1, 0.15) is 32.1 Å². The molecule has 0 bridgehead atoms. The molecular weight excluding hydrogens is 357 g/mol. The van der Waals surface area contributed by atoms with E-state index in [4.69, 9.17) is 21.2 Å². The van der Waals surface area contributed by atoms with Gasteiger partial charge in [0.2, 0.25) is 11.9 Å². The summed E-state index contributed by atoms with van der Waals surface area (Å²) in [6, 6.07) is 12.8.